The van der Waals surface area contributed by atoms with Gasteiger partial charge < -0.3 is 19.8 Å². The predicted octanol–water partition coefficient (Wildman–Crippen LogP) is 3.67. The molecule has 7 nitrogen and oxygen atoms in total. The highest BCUT2D eigenvalue weighted by atomic mass is 16.5. The van der Waals surface area contributed by atoms with Crippen molar-refractivity contribution in [3.63, 3.8) is 0 Å². The summed E-state index contributed by atoms with van der Waals surface area (Å²) >= 11 is 0. The number of hydrogen-bond donors (Lipinski definition) is 2. The Kier molecular flexibility index (Phi) is 6.23. The summed E-state index contributed by atoms with van der Waals surface area (Å²) in [4.78, 5) is 28.7. The number of fused-ring (bicyclic) bond motifs is 1. The number of carbonyl (C=O) groups is 2. The van der Waals surface area contributed by atoms with Crippen molar-refractivity contribution in [3.05, 3.63) is 96.4 Å². The van der Waals surface area contributed by atoms with E-state index < -0.39 is 0 Å². The highest BCUT2D eigenvalue weighted by Gasteiger charge is 2.08. The fourth-order valence-corrected chi connectivity index (χ4v) is 3.08. The topological polar surface area (TPSA) is 84.7 Å². The molecule has 4 rings (SSSR count). The van der Waals surface area contributed by atoms with Crippen LogP contribution in [0.2, 0.25) is 0 Å². The standard InChI is InChI=1S/C24H22N4O3/c29-23(12-13-25-24(30)18-7-2-1-3-8-18)27-19-9-6-10-21(15-19)31-17-20-16-28-14-5-4-11-22(28)26-20/h1-11,14-16H,12-13,17H2,(H,25,30)(H,27,29). The van der Waals surface area contributed by atoms with E-state index in [2.05, 4.69) is 15.6 Å². The maximum atomic E-state index is 12.2. The van der Waals surface area contributed by atoms with E-state index in [-0.39, 0.29) is 24.8 Å². The summed E-state index contributed by atoms with van der Waals surface area (Å²) in [5, 5.41) is 5.57. The van der Waals surface area contributed by atoms with E-state index in [4.69, 9.17) is 4.74 Å². The molecular weight excluding hydrogens is 392 g/mol. The van der Waals surface area contributed by atoms with Crippen LogP contribution in [0.15, 0.2) is 85.2 Å². The van der Waals surface area contributed by atoms with Crippen molar-refractivity contribution in [2.75, 3.05) is 11.9 Å². The van der Waals surface area contributed by atoms with Crippen LogP contribution >= 0.6 is 0 Å². The van der Waals surface area contributed by atoms with Crippen LogP contribution in [0.25, 0.3) is 5.65 Å². The molecule has 0 radical (unpaired) electrons. The minimum atomic E-state index is -0.198. The number of ether oxygens (including phenoxy) is 1. The number of anilines is 1. The first-order valence-corrected chi connectivity index (χ1v) is 9.96. The van der Waals surface area contributed by atoms with Crippen molar-refractivity contribution in [3.8, 4) is 5.75 Å². The van der Waals surface area contributed by atoms with Crippen molar-refractivity contribution in [1.82, 2.24) is 14.7 Å². The van der Waals surface area contributed by atoms with E-state index in [1.165, 1.54) is 0 Å². The molecule has 2 N–H and O–H groups in total. The number of aromatic nitrogens is 2. The summed E-state index contributed by atoms with van der Waals surface area (Å²) in [5.74, 6) is 0.244. The Balaban J connectivity index is 1.25. The Hall–Kier alpha value is -4.13. The first kappa shape index (κ1) is 20.2. The monoisotopic (exact) mass is 414 g/mol. The molecule has 156 valence electrons. The molecule has 0 aliphatic rings. The number of hydrogen-bond acceptors (Lipinski definition) is 4. The number of benzene rings is 2. The number of amides is 2. The molecule has 2 amide bonds. The summed E-state index contributed by atoms with van der Waals surface area (Å²) in [5.41, 5.74) is 2.88. The molecule has 0 atom stereocenters. The van der Waals surface area contributed by atoms with Crippen LogP contribution in [-0.2, 0) is 11.4 Å². The van der Waals surface area contributed by atoms with Crippen molar-refractivity contribution in [2.45, 2.75) is 13.0 Å². The zero-order valence-corrected chi connectivity index (χ0v) is 16.8. The van der Waals surface area contributed by atoms with Crippen molar-refractivity contribution in [2.24, 2.45) is 0 Å². The molecule has 2 aromatic carbocycles. The molecule has 2 aromatic heterocycles. The van der Waals surface area contributed by atoms with Gasteiger partial charge in [0.05, 0.1) is 5.69 Å². The van der Waals surface area contributed by atoms with Crippen molar-refractivity contribution < 1.29 is 14.3 Å². The molecule has 0 aliphatic carbocycles. The molecule has 0 aliphatic heterocycles. The van der Waals surface area contributed by atoms with Crippen molar-refractivity contribution in [1.29, 1.82) is 0 Å². The van der Waals surface area contributed by atoms with Gasteiger partial charge in [0.1, 0.15) is 18.0 Å². The van der Waals surface area contributed by atoms with Crippen molar-refractivity contribution >= 4 is 23.1 Å². The fraction of sp³-hybridized carbons (Fsp3) is 0.125. The van der Waals surface area contributed by atoms with Crippen LogP contribution in [0.4, 0.5) is 5.69 Å². The Morgan fingerprint density at radius 3 is 2.65 bits per heavy atom. The summed E-state index contributed by atoms with van der Waals surface area (Å²) < 4.78 is 7.76. The zero-order valence-electron chi connectivity index (χ0n) is 16.8. The molecule has 0 saturated carbocycles. The Morgan fingerprint density at radius 2 is 1.81 bits per heavy atom. The Bertz CT molecular complexity index is 1150. The van der Waals surface area contributed by atoms with Crippen LogP contribution in [0.5, 0.6) is 5.75 Å². The van der Waals surface area contributed by atoms with Gasteiger partial charge in [-0.1, -0.05) is 30.3 Å². The van der Waals surface area contributed by atoms with E-state index in [1.807, 2.05) is 53.2 Å². The SMILES string of the molecule is O=C(CCNC(=O)c1ccccc1)Nc1cccc(OCc2cn3ccccc3n2)c1. The van der Waals surface area contributed by atoms with Gasteiger partial charge in [0.2, 0.25) is 5.91 Å². The number of carbonyl (C=O) groups excluding carboxylic acids is 2. The molecule has 0 unspecified atom stereocenters. The molecular formula is C24H22N4O3. The van der Waals surface area contributed by atoms with Gasteiger partial charge in [-0.2, -0.15) is 0 Å². The summed E-state index contributed by atoms with van der Waals surface area (Å²) in [7, 11) is 0. The van der Waals surface area contributed by atoms with Gasteiger partial charge >= 0.3 is 0 Å². The number of pyridine rings is 1. The minimum Gasteiger partial charge on any atom is -0.487 e. The van der Waals surface area contributed by atoms with Gasteiger partial charge in [-0.25, -0.2) is 4.98 Å². The second-order valence-corrected chi connectivity index (χ2v) is 6.93. The molecule has 4 aromatic rings. The number of nitrogens with one attached hydrogen (secondary N) is 2. The maximum Gasteiger partial charge on any atom is 0.251 e. The molecule has 7 heteroatoms. The average Bonchev–Trinajstić information content (AvgIpc) is 3.21. The van der Waals surface area contributed by atoms with Crippen LogP contribution < -0.4 is 15.4 Å². The maximum absolute atomic E-state index is 12.2. The number of imidazole rings is 1. The lowest BCUT2D eigenvalue weighted by Gasteiger charge is -2.09. The lowest BCUT2D eigenvalue weighted by molar-refractivity contribution is -0.116. The van der Waals surface area contributed by atoms with Crippen LogP contribution in [0.3, 0.4) is 0 Å². The Labute approximate surface area is 179 Å². The molecule has 0 bridgehead atoms. The largest absolute Gasteiger partial charge is 0.487 e. The molecule has 2 heterocycles. The normalized spacial score (nSPS) is 10.6. The van der Waals surface area contributed by atoms with Gasteiger partial charge in [0.25, 0.3) is 5.91 Å². The van der Waals surface area contributed by atoms with Gasteiger partial charge in [-0.15, -0.1) is 0 Å². The summed E-state index contributed by atoms with van der Waals surface area (Å²) in [6.07, 6.45) is 4.03. The highest BCUT2D eigenvalue weighted by molar-refractivity contribution is 5.95. The quantitative estimate of drug-likeness (QED) is 0.461. The van der Waals surface area contributed by atoms with Crippen LogP contribution in [0, 0.1) is 0 Å². The van der Waals surface area contributed by atoms with Gasteiger partial charge in [0, 0.05) is 42.7 Å². The third-order valence-electron chi connectivity index (χ3n) is 4.59. The second-order valence-electron chi connectivity index (χ2n) is 6.93. The molecule has 31 heavy (non-hydrogen) atoms. The van der Waals surface area contributed by atoms with E-state index in [1.54, 1.807) is 36.4 Å². The third kappa shape index (κ3) is 5.48. The minimum absolute atomic E-state index is 0.172. The number of rotatable bonds is 8. The fourth-order valence-electron chi connectivity index (χ4n) is 3.08. The van der Waals surface area contributed by atoms with E-state index >= 15 is 0 Å². The second kappa shape index (κ2) is 9.58. The van der Waals surface area contributed by atoms with Gasteiger partial charge in [0.15, 0.2) is 0 Å². The lowest BCUT2D eigenvalue weighted by Crippen LogP contribution is -2.27. The average molecular weight is 414 g/mol. The van der Waals surface area contributed by atoms with E-state index in [9.17, 15) is 9.59 Å². The van der Waals surface area contributed by atoms with E-state index in [0.717, 1.165) is 11.3 Å². The van der Waals surface area contributed by atoms with Gasteiger partial charge in [-0.05, 0) is 36.4 Å². The molecule has 0 spiro atoms. The van der Waals surface area contributed by atoms with Gasteiger partial charge in [-0.3, -0.25) is 9.59 Å². The number of nitrogens with zero attached hydrogens (tertiary/aromatic N) is 2. The zero-order chi connectivity index (χ0) is 21.5. The molecule has 0 saturated heterocycles. The van der Waals surface area contributed by atoms with E-state index in [0.29, 0.717) is 23.6 Å². The summed E-state index contributed by atoms with van der Waals surface area (Å²) in [6.45, 7) is 0.578. The first-order chi connectivity index (χ1) is 15.2. The predicted molar refractivity (Wildman–Crippen MR) is 118 cm³/mol. The smallest absolute Gasteiger partial charge is 0.251 e. The van der Waals surface area contributed by atoms with Crippen LogP contribution in [-0.4, -0.2) is 27.7 Å². The first-order valence-electron chi connectivity index (χ1n) is 9.96. The summed E-state index contributed by atoms with van der Waals surface area (Å²) in [6, 6.07) is 21.9. The molecule has 0 fully saturated rings. The van der Waals surface area contributed by atoms with Crippen LogP contribution in [0.1, 0.15) is 22.5 Å². The third-order valence-corrected chi connectivity index (χ3v) is 4.59. The Morgan fingerprint density at radius 1 is 0.968 bits per heavy atom. The highest BCUT2D eigenvalue weighted by Crippen LogP contribution is 2.19. The lowest BCUT2D eigenvalue weighted by atomic mass is 10.2.